The molecule has 0 aromatic heterocycles. The lowest BCUT2D eigenvalue weighted by molar-refractivity contribution is 0.306. The highest BCUT2D eigenvalue weighted by atomic mass is 16.5. The summed E-state index contributed by atoms with van der Waals surface area (Å²) in [5, 5.41) is 3.41. The topological polar surface area (TPSA) is 62.9 Å². The van der Waals surface area contributed by atoms with Gasteiger partial charge in [0.15, 0.2) is 5.96 Å². The van der Waals surface area contributed by atoms with Gasteiger partial charge in [-0.3, -0.25) is 4.99 Å². The van der Waals surface area contributed by atoms with E-state index in [1.165, 1.54) is 44.1 Å². The van der Waals surface area contributed by atoms with Crippen LogP contribution < -0.4 is 15.8 Å². The molecule has 5 heteroatoms. The second-order valence-electron chi connectivity index (χ2n) is 6.81. The monoisotopic (exact) mass is 332 g/mol. The van der Waals surface area contributed by atoms with Crippen LogP contribution in [0, 0.1) is 0 Å². The number of nitrogens with zero attached hydrogens (tertiary/aromatic N) is 2. The van der Waals surface area contributed by atoms with Gasteiger partial charge in [0.2, 0.25) is 0 Å². The zero-order valence-electron chi connectivity index (χ0n) is 15.3. The van der Waals surface area contributed by atoms with E-state index in [0.717, 1.165) is 5.75 Å². The van der Waals surface area contributed by atoms with Gasteiger partial charge in [-0.1, -0.05) is 37.8 Å². The zero-order chi connectivity index (χ0) is 17.4. The van der Waals surface area contributed by atoms with Crippen LogP contribution >= 0.6 is 0 Å². The number of aliphatic imine (C=N–C) groups is 1. The van der Waals surface area contributed by atoms with E-state index in [1.807, 2.05) is 12.1 Å². The van der Waals surface area contributed by atoms with Crippen LogP contribution in [0.5, 0.6) is 5.75 Å². The fraction of sp³-hybridized carbons (Fsp3) is 0.632. The van der Waals surface area contributed by atoms with E-state index in [9.17, 15) is 0 Å². The maximum absolute atomic E-state index is 6.13. The number of ether oxygens (including phenoxy) is 1. The van der Waals surface area contributed by atoms with Crippen molar-refractivity contribution in [2.45, 2.75) is 50.6 Å². The van der Waals surface area contributed by atoms with Gasteiger partial charge in [-0.25, -0.2) is 0 Å². The second-order valence-corrected chi connectivity index (χ2v) is 6.81. The number of hydrogen-bond acceptors (Lipinski definition) is 3. The molecule has 1 aromatic carbocycles. The molecule has 5 nitrogen and oxygen atoms in total. The van der Waals surface area contributed by atoms with Crippen molar-refractivity contribution in [3.8, 4) is 5.75 Å². The summed E-state index contributed by atoms with van der Waals surface area (Å²) in [6.07, 6.45) is 7.66. The fourth-order valence-corrected chi connectivity index (χ4v) is 3.26. The number of likely N-dealkylation sites (N-methyl/N-ethyl adjacent to an activating group) is 1. The van der Waals surface area contributed by atoms with E-state index >= 15 is 0 Å². The number of benzene rings is 1. The number of guanidine groups is 1. The maximum Gasteiger partial charge on any atom is 0.188 e. The summed E-state index contributed by atoms with van der Waals surface area (Å²) in [6.45, 7) is 0.644. The Balaban J connectivity index is 1.95. The highest BCUT2D eigenvalue weighted by molar-refractivity contribution is 5.78. The third kappa shape index (κ3) is 5.71. The minimum absolute atomic E-state index is 0.199. The van der Waals surface area contributed by atoms with Crippen LogP contribution in [0.3, 0.4) is 0 Å². The van der Waals surface area contributed by atoms with Crippen LogP contribution in [0.25, 0.3) is 0 Å². The molecule has 0 amide bonds. The molecule has 134 valence electrons. The van der Waals surface area contributed by atoms with Crippen molar-refractivity contribution in [2.24, 2.45) is 10.7 Å². The molecule has 1 aromatic rings. The van der Waals surface area contributed by atoms with Gasteiger partial charge in [-0.15, -0.1) is 0 Å². The van der Waals surface area contributed by atoms with Gasteiger partial charge in [0.1, 0.15) is 5.75 Å². The lowest BCUT2D eigenvalue weighted by Crippen LogP contribution is -2.40. The first-order chi connectivity index (χ1) is 11.6. The smallest absolute Gasteiger partial charge is 0.188 e. The number of rotatable bonds is 6. The second kappa shape index (κ2) is 9.52. The SMILES string of the molecule is COc1ccc(C(CN=C(N)NC2CCCCCC2)N(C)C)cc1. The van der Waals surface area contributed by atoms with Gasteiger partial charge >= 0.3 is 0 Å². The zero-order valence-corrected chi connectivity index (χ0v) is 15.3. The molecule has 0 bridgehead atoms. The molecule has 0 heterocycles. The summed E-state index contributed by atoms with van der Waals surface area (Å²) >= 11 is 0. The Labute approximate surface area is 146 Å². The predicted molar refractivity (Wildman–Crippen MR) is 101 cm³/mol. The third-order valence-corrected chi connectivity index (χ3v) is 4.77. The molecule has 0 aliphatic heterocycles. The molecule has 1 unspecified atom stereocenters. The van der Waals surface area contributed by atoms with Crippen molar-refractivity contribution in [3.05, 3.63) is 29.8 Å². The van der Waals surface area contributed by atoms with Gasteiger partial charge in [-0.05, 0) is 44.6 Å². The average molecular weight is 332 g/mol. The Morgan fingerprint density at radius 1 is 1.21 bits per heavy atom. The van der Waals surface area contributed by atoms with Crippen molar-refractivity contribution < 1.29 is 4.74 Å². The standard InChI is InChI=1S/C19H32N4O/c1-23(2)18(15-10-12-17(24-3)13-11-15)14-21-19(20)22-16-8-6-4-5-7-9-16/h10-13,16,18H,4-9,14H2,1-3H3,(H3,20,21,22). The number of methoxy groups -OCH3 is 1. The van der Waals surface area contributed by atoms with Crippen molar-refractivity contribution in [2.75, 3.05) is 27.7 Å². The van der Waals surface area contributed by atoms with Crippen LogP contribution in [-0.2, 0) is 0 Å². The number of nitrogens with one attached hydrogen (secondary N) is 1. The molecule has 1 fully saturated rings. The first-order valence-corrected chi connectivity index (χ1v) is 8.97. The summed E-state index contributed by atoms with van der Waals surface area (Å²) in [6, 6.07) is 8.84. The lowest BCUT2D eigenvalue weighted by atomic mass is 10.1. The van der Waals surface area contributed by atoms with Gasteiger partial charge in [0.25, 0.3) is 0 Å². The lowest BCUT2D eigenvalue weighted by Gasteiger charge is -2.24. The van der Waals surface area contributed by atoms with Crippen LogP contribution in [0.2, 0.25) is 0 Å². The Morgan fingerprint density at radius 3 is 2.38 bits per heavy atom. The van der Waals surface area contributed by atoms with Gasteiger partial charge in [0.05, 0.1) is 19.7 Å². The molecule has 2 rings (SSSR count). The van der Waals surface area contributed by atoms with Gasteiger partial charge < -0.3 is 20.7 Å². The largest absolute Gasteiger partial charge is 0.497 e. The molecule has 0 saturated heterocycles. The minimum atomic E-state index is 0.199. The van der Waals surface area contributed by atoms with Gasteiger partial charge in [0, 0.05) is 6.04 Å². The van der Waals surface area contributed by atoms with Crippen LogP contribution in [-0.4, -0.2) is 44.7 Å². The Bertz CT molecular complexity index is 505. The van der Waals surface area contributed by atoms with E-state index in [4.69, 9.17) is 10.5 Å². The molecule has 1 aliphatic carbocycles. The highest BCUT2D eigenvalue weighted by Crippen LogP contribution is 2.22. The average Bonchev–Trinajstić information content (AvgIpc) is 2.84. The van der Waals surface area contributed by atoms with E-state index in [1.54, 1.807) is 7.11 Å². The molecule has 0 radical (unpaired) electrons. The van der Waals surface area contributed by atoms with Crippen molar-refractivity contribution in [1.29, 1.82) is 0 Å². The molecule has 0 spiro atoms. The Hall–Kier alpha value is -1.75. The third-order valence-electron chi connectivity index (χ3n) is 4.77. The van der Waals surface area contributed by atoms with Gasteiger partial charge in [-0.2, -0.15) is 0 Å². The van der Waals surface area contributed by atoms with E-state index in [-0.39, 0.29) is 6.04 Å². The molecule has 24 heavy (non-hydrogen) atoms. The van der Waals surface area contributed by atoms with Crippen molar-refractivity contribution in [3.63, 3.8) is 0 Å². The Morgan fingerprint density at radius 2 is 1.83 bits per heavy atom. The quantitative estimate of drug-likeness (QED) is 0.478. The molecule has 1 saturated carbocycles. The Kier molecular flexibility index (Phi) is 7.37. The van der Waals surface area contributed by atoms with Crippen molar-refractivity contribution in [1.82, 2.24) is 10.2 Å². The normalized spacial score (nSPS) is 18.2. The summed E-state index contributed by atoms with van der Waals surface area (Å²) in [7, 11) is 5.82. The predicted octanol–water partition coefficient (Wildman–Crippen LogP) is 2.93. The molecule has 1 atom stereocenters. The number of hydrogen-bond donors (Lipinski definition) is 2. The maximum atomic E-state index is 6.13. The van der Waals surface area contributed by atoms with E-state index in [0.29, 0.717) is 18.5 Å². The van der Waals surface area contributed by atoms with Crippen molar-refractivity contribution >= 4 is 5.96 Å². The summed E-state index contributed by atoms with van der Waals surface area (Å²) in [4.78, 5) is 6.77. The van der Waals surface area contributed by atoms with Crippen LogP contribution in [0.15, 0.2) is 29.3 Å². The van der Waals surface area contributed by atoms with E-state index in [2.05, 4.69) is 41.4 Å². The first-order valence-electron chi connectivity index (χ1n) is 8.97. The molecule has 3 N–H and O–H groups in total. The molecular weight excluding hydrogens is 300 g/mol. The fourth-order valence-electron chi connectivity index (χ4n) is 3.26. The number of nitrogens with two attached hydrogens (primary N) is 1. The minimum Gasteiger partial charge on any atom is -0.497 e. The highest BCUT2D eigenvalue weighted by Gasteiger charge is 2.15. The first kappa shape index (κ1) is 18.6. The molecular formula is C19H32N4O. The molecule has 1 aliphatic rings. The van der Waals surface area contributed by atoms with Crippen LogP contribution in [0.4, 0.5) is 0 Å². The van der Waals surface area contributed by atoms with E-state index < -0.39 is 0 Å². The summed E-state index contributed by atoms with van der Waals surface area (Å²) in [5.41, 5.74) is 7.34. The van der Waals surface area contributed by atoms with Crippen LogP contribution in [0.1, 0.15) is 50.1 Å². The summed E-state index contributed by atoms with van der Waals surface area (Å²) in [5.74, 6) is 1.44. The summed E-state index contributed by atoms with van der Waals surface area (Å²) < 4.78 is 5.23.